The highest BCUT2D eigenvalue weighted by molar-refractivity contribution is 7.15. The number of hydrogen-bond donors (Lipinski definition) is 2. The van der Waals surface area contributed by atoms with Crippen LogP contribution in [-0.2, 0) is 6.42 Å². The first kappa shape index (κ1) is 11.2. The highest BCUT2D eigenvalue weighted by Gasteiger charge is 2.14. The van der Waals surface area contributed by atoms with Gasteiger partial charge in [-0.15, -0.1) is 11.3 Å². The smallest absolute Gasteiger partial charge is 0.257 e. The summed E-state index contributed by atoms with van der Waals surface area (Å²) >= 11 is 1.48. The van der Waals surface area contributed by atoms with Crippen LogP contribution in [0.25, 0.3) is 0 Å². The Balaban J connectivity index is 1.80. The SMILES string of the molecule is Cc1cnc(NC(=O)c2ccc3c(c2)NCC3)s1. The molecule has 2 heterocycles. The van der Waals surface area contributed by atoms with Crippen molar-refractivity contribution in [1.82, 2.24) is 4.98 Å². The molecular formula is C13H13N3OS. The topological polar surface area (TPSA) is 54.0 Å². The highest BCUT2D eigenvalue weighted by Crippen LogP contribution is 2.24. The van der Waals surface area contributed by atoms with Gasteiger partial charge in [-0.3, -0.25) is 10.1 Å². The van der Waals surface area contributed by atoms with Crippen molar-refractivity contribution in [3.8, 4) is 0 Å². The molecule has 0 atom stereocenters. The van der Waals surface area contributed by atoms with E-state index < -0.39 is 0 Å². The maximum atomic E-state index is 12.1. The predicted octanol–water partition coefficient (Wildman–Crippen LogP) is 2.67. The Labute approximate surface area is 109 Å². The van der Waals surface area contributed by atoms with E-state index >= 15 is 0 Å². The molecule has 0 aliphatic carbocycles. The third-order valence-corrected chi connectivity index (χ3v) is 3.75. The molecule has 0 spiro atoms. The van der Waals surface area contributed by atoms with Crippen LogP contribution in [0.5, 0.6) is 0 Å². The summed E-state index contributed by atoms with van der Waals surface area (Å²) in [6.45, 7) is 2.92. The van der Waals surface area contributed by atoms with Crippen molar-refractivity contribution in [2.75, 3.05) is 17.2 Å². The van der Waals surface area contributed by atoms with E-state index in [2.05, 4.69) is 15.6 Å². The Morgan fingerprint density at radius 3 is 3.17 bits per heavy atom. The second-order valence-electron chi connectivity index (χ2n) is 4.28. The summed E-state index contributed by atoms with van der Waals surface area (Å²) in [6.07, 6.45) is 2.79. The predicted molar refractivity (Wildman–Crippen MR) is 73.4 cm³/mol. The second kappa shape index (κ2) is 4.42. The minimum absolute atomic E-state index is 0.110. The zero-order chi connectivity index (χ0) is 12.5. The zero-order valence-corrected chi connectivity index (χ0v) is 10.8. The number of hydrogen-bond acceptors (Lipinski definition) is 4. The lowest BCUT2D eigenvalue weighted by Gasteiger charge is -2.04. The molecule has 0 saturated heterocycles. The Morgan fingerprint density at radius 1 is 1.50 bits per heavy atom. The van der Waals surface area contributed by atoms with Gasteiger partial charge in [-0.25, -0.2) is 4.98 Å². The van der Waals surface area contributed by atoms with Gasteiger partial charge in [0.15, 0.2) is 5.13 Å². The Bertz CT molecular complexity index is 606. The number of amides is 1. The summed E-state index contributed by atoms with van der Waals surface area (Å²) in [4.78, 5) is 17.3. The number of rotatable bonds is 2. The summed E-state index contributed by atoms with van der Waals surface area (Å²) in [7, 11) is 0. The third kappa shape index (κ3) is 2.09. The van der Waals surface area contributed by atoms with Crippen LogP contribution < -0.4 is 10.6 Å². The first-order valence-corrected chi connectivity index (χ1v) is 6.64. The van der Waals surface area contributed by atoms with Crippen molar-refractivity contribution in [2.24, 2.45) is 0 Å². The number of carbonyl (C=O) groups excluding carboxylic acids is 1. The van der Waals surface area contributed by atoms with Crippen LogP contribution in [0.1, 0.15) is 20.8 Å². The molecule has 1 aromatic carbocycles. The Morgan fingerprint density at radius 2 is 2.39 bits per heavy atom. The molecule has 4 nitrogen and oxygen atoms in total. The van der Waals surface area contributed by atoms with Crippen molar-refractivity contribution in [3.05, 3.63) is 40.4 Å². The molecular weight excluding hydrogens is 246 g/mol. The van der Waals surface area contributed by atoms with Crippen LogP contribution in [0.4, 0.5) is 10.8 Å². The average molecular weight is 259 g/mol. The fourth-order valence-corrected chi connectivity index (χ4v) is 2.67. The second-order valence-corrected chi connectivity index (χ2v) is 5.51. The van der Waals surface area contributed by atoms with Gasteiger partial charge >= 0.3 is 0 Å². The lowest BCUT2D eigenvalue weighted by atomic mass is 10.1. The first-order chi connectivity index (χ1) is 8.72. The fraction of sp³-hybridized carbons (Fsp3) is 0.231. The van der Waals surface area contributed by atoms with Gasteiger partial charge in [-0.1, -0.05) is 6.07 Å². The van der Waals surface area contributed by atoms with Crippen molar-refractivity contribution < 1.29 is 4.79 Å². The maximum Gasteiger partial charge on any atom is 0.257 e. The number of nitrogens with one attached hydrogen (secondary N) is 2. The highest BCUT2D eigenvalue weighted by atomic mass is 32.1. The molecule has 1 amide bonds. The number of anilines is 2. The van der Waals surface area contributed by atoms with E-state index in [1.54, 1.807) is 6.20 Å². The summed E-state index contributed by atoms with van der Waals surface area (Å²) in [6, 6.07) is 5.77. The quantitative estimate of drug-likeness (QED) is 0.871. The van der Waals surface area contributed by atoms with E-state index in [9.17, 15) is 4.79 Å². The summed E-state index contributed by atoms with van der Waals surface area (Å²) in [5.74, 6) is -0.110. The molecule has 0 fully saturated rings. The summed E-state index contributed by atoms with van der Waals surface area (Å²) in [5.41, 5.74) is 3.01. The largest absolute Gasteiger partial charge is 0.384 e. The molecule has 0 unspecified atom stereocenters. The Kier molecular flexibility index (Phi) is 2.76. The van der Waals surface area contributed by atoms with Crippen LogP contribution in [0.2, 0.25) is 0 Å². The van der Waals surface area contributed by atoms with Gasteiger partial charge in [0.25, 0.3) is 5.91 Å². The molecule has 2 aromatic rings. The zero-order valence-electron chi connectivity index (χ0n) is 9.99. The van der Waals surface area contributed by atoms with E-state index in [-0.39, 0.29) is 5.91 Å². The minimum atomic E-state index is -0.110. The maximum absolute atomic E-state index is 12.1. The summed E-state index contributed by atoms with van der Waals surface area (Å²) < 4.78 is 0. The van der Waals surface area contributed by atoms with Crippen molar-refractivity contribution >= 4 is 28.1 Å². The number of aromatic nitrogens is 1. The van der Waals surface area contributed by atoms with Crippen LogP contribution >= 0.6 is 11.3 Å². The van der Waals surface area contributed by atoms with Crippen molar-refractivity contribution in [3.63, 3.8) is 0 Å². The minimum Gasteiger partial charge on any atom is -0.384 e. The van der Waals surface area contributed by atoms with Crippen molar-refractivity contribution in [2.45, 2.75) is 13.3 Å². The van der Waals surface area contributed by atoms with Crippen molar-refractivity contribution in [1.29, 1.82) is 0 Å². The molecule has 3 rings (SSSR count). The van der Waals surface area contributed by atoms with Crippen LogP contribution in [0.15, 0.2) is 24.4 Å². The molecule has 2 N–H and O–H groups in total. The van der Waals surface area contributed by atoms with Crippen LogP contribution in [0.3, 0.4) is 0 Å². The van der Waals surface area contributed by atoms with Gasteiger partial charge in [0, 0.05) is 28.9 Å². The van der Waals surface area contributed by atoms with Crippen LogP contribution in [-0.4, -0.2) is 17.4 Å². The average Bonchev–Trinajstić information content (AvgIpc) is 2.96. The molecule has 1 aliphatic heterocycles. The number of benzene rings is 1. The number of carbonyl (C=O) groups is 1. The van der Waals surface area contributed by atoms with E-state index in [0.717, 1.165) is 23.5 Å². The summed E-state index contributed by atoms with van der Waals surface area (Å²) in [5, 5.41) is 6.73. The van der Waals surface area contributed by atoms with Gasteiger partial charge in [0.2, 0.25) is 0 Å². The number of nitrogens with zero attached hydrogens (tertiary/aromatic N) is 1. The number of thiazole rings is 1. The standard InChI is InChI=1S/C13H13N3OS/c1-8-7-15-13(18-8)16-12(17)10-3-2-9-4-5-14-11(9)6-10/h2-3,6-7,14H,4-5H2,1H3,(H,15,16,17). The number of fused-ring (bicyclic) bond motifs is 1. The molecule has 0 radical (unpaired) electrons. The van der Waals surface area contributed by atoms with Gasteiger partial charge in [0.1, 0.15) is 0 Å². The molecule has 18 heavy (non-hydrogen) atoms. The third-order valence-electron chi connectivity index (χ3n) is 2.92. The Hall–Kier alpha value is -1.88. The van der Waals surface area contributed by atoms with E-state index in [1.165, 1.54) is 16.9 Å². The molecule has 92 valence electrons. The molecule has 1 aliphatic rings. The fourth-order valence-electron chi connectivity index (χ4n) is 2.01. The number of aryl methyl sites for hydroxylation is 1. The van der Waals surface area contributed by atoms with E-state index in [4.69, 9.17) is 0 Å². The lowest BCUT2D eigenvalue weighted by molar-refractivity contribution is 0.102. The first-order valence-electron chi connectivity index (χ1n) is 5.83. The van der Waals surface area contributed by atoms with Gasteiger partial charge in [-0.05, 0) is 31.0 Å². The van der Waals surface area contributed by atoms with Crippen LogP contribution in [0, 0.1) is 6.92 Å². The molecule has 0 bridgehead atoms. The van der Waals surface area contributed by atoms with E-state index in [0.29, 0.717) is 10.7 Å². The van der Waals surface area contributed by atoms with Gasteiger partial charge in [0.05, 0.1) is 0 Å². The lowest BCUT2D eigenvalue weighted by Crippen LogP contribution is -2.11. The van der Waals surface area contributed by atoms with E-state index in [1.807, 2.05) is 25.1 Å². The van der Waals surface area contributed by atoms with Gasteiger partial charge in [-0.2, -0.15) is 0 Å². The van der Waals surface area contributed by atoms with Gasteiger partial charge < -0.3 is 5.32 Å². The molecule has 5 heteroatoms. The monoisotopic (exact) mass is 259 g/mol. The molecule has 1 aromatic heterocycles. The normalized spacial score (nSPS) is 12.9. The molecule has 0 saturated carbocycles.